The van der Waals surface area contributed by atoms with Crippen LogP contribution in [0, 0.1) is 0 Å². The van der Waals surface area contributed by atoms with Crippen LogP contribution in [0.5, 0.6) is 0 Å². The fourth-order valence-corrected chi connectivity index (χ4v) is 2.20. The van der Waals surface area contributed by atoms with Crippen molar-refractivity contribution in [2.45, 2.75) is 19.5 Å². The number of aromatic nitrogens is 3. The van der Waals surface area contributed by atoms with Gasteiger partial charge in [-0.1, -0.05) is 18.2 Å². The third kappa shape index (κ3) is 2.65. The second kappa shape index (κ2) is 5.35. The highest BCUT2D eigenvalue weighted by Crippen LogP contribution is 2.12. The highest BCUT2D eigenvalue weighted by atomic mass is 15.3. The molecule has 3 rings (SSSR count). The summed E-state index contributed by atoms with van der Waals surface area (Å²) >= 11 is 0. The molecule has 0 aliphatic carbocycles. The maximum absolute atomic E-state index is 5.87. The summed E-state index contributed by atoms with van der Waals surface area (Å²) in [5.74, 6) is 0. The van der Waals surface area contributed by atoms with Crippen LogP contribution in [0.4, 0.5) is 0 Å². The van der Waals surface area contributed by atoms with Gasteiger partial charge in [-0.25, -0.2) is 4.68 Å². The van der Waals surface area contributed by atoms with Gasteiger partial charge in [0.2, 0.25) is 0 Å². The van der Waals surface area contributed by atoms with Gasteiger partial charge in [0, 0.05) is 30.2 Å². The Morgan fingerprint density at radius 1 is 1.15 bits per heavy atom. The molecular formula is C16H18N4. The lowest BCUT2D eigenvalue weighted by atomic mass is 10.2. The van der Waals surface area contributed by atoms with Crippen LogP contribution in [-0.4, -0.2) is 14.3 Å². The van der Waals surface area contributed by atoms with Crippen molar-refractivity contribution >= 4 is 0 Å². The third-order valence-corrected chi connectivity index (χ3v) is 3.32. The lowest BCUT2D eigenvalue weighted by Gasteiger charge is -2.02. The van der Waals surface area contributed by atoms with Crippen LogP contribution in [0.25, 0.3) is 5.69 Å². The molecular weight excluding hydrogens is 248 g/mol. The summed E-state index contributed by atoms with van der Waals surface area (Å²) in [5.41, 5.74) is 9.26. The standard InChI is InChI=1S/C16H18N4/c1-13(17)15-7-8-19(12-15)10-14-9-18-20(11-14)16-5-3-2-4-6-16/h2-9,11-13H,10,17H2,1H3. The summed E-state index contributed by atoms with van der Waals surface area (Å²) in [6.45, 7) is 2.80. The molecule has 2 N–H and O–H groups in total. The third-order valence-electron chi connectivity index (χ3n) is 3.32. The van der Waals surface area contributed by atoms with E-state index >= 15 is 0 Å². The molecule has 0 saturated heterocycles. The summed E-state index contributed by atoms with van der Waals surface area (Å²) < 4.78 is 4.02. The van der Waals surface area contributed by atoms with E-state index < -0.39 is 0 Å². The predicted molar refractivity (Wildman–Crippen MR) is 79.7 cm³/mol. The largest absolute Gasteiger partial charge is 0.349 e. The number of para-hydroxylation sites is 1. The van der Waals surface area contributed by atoms with Crippen molar-refractivity contribution in [1.82, 2.24) is 14.3 Å². The SMILES string of the molecule is CC(N)c1ccn(Cc2cnn(-c3ccccc3)c2)c1. The van der Waals surface area contributed by atoms with E-state index in [1.165, 1.54) is 5.56 Å². The van der Waals surface area contributed by atoms with Gasteiger partial charge < -0.3 is 10.3 Å². The predicted octanol–water partition coefficient (Wildman–Crippen LogP) is 2.74. The average Bonchev–Trinajstić information content (AvgIpc) is 3.10. The minimum atomic E-state index is 0.0725. The molecule has 0 saturated carbocycles. The topological polar surface area (TPSA) is 48.8 Å². The smallest absolute Gasteiger partial charge is 0.0645 e. The first kappa shape index (κ1) is 12.7. The molecule has 0 amide bonds. The summed E-state index contributed by atoms with van der Waals surface area (Å²) in [6, 6.07) is 12.2. The van der Waals surface area contributed by atoms with Gasteiger partial charge in [0.15, 0.2) is 0 Å². The highest BCUT2D eigenvalue weighted by molar-refractivity contribution is 5.31. The Labute approximate surface area is 118 Å². The molecule has 0 bridgehead atoms. The van der Waals surface area contributed by atoms with Crippen molar-refractivity contribution < 1.29 is 0 Å². The van der Waals surface area contributed by atoms with Gasteiger partial charge in [-0.2, -0.15) is 5.10 Å². The van der Waals surface area contributed by atoms with E-state index in [9.17, 15) is 0 Å². The maximum Gasteiger partial charge on any atom is 0.0645 e. The van der Waals surface area contributed by atoms with E-state index in [1.54, 1.807) is 0 Å². The van der Waals surface area contributed by atoms with Gasteiger partial charge in [0.25, 0.3) is 0 Å². The Balaban J connectivity index is 1.77. The molecule has 1 aromatic carbocycles. The Kier molecular flexibility index (Phi) is 3.39. The van der Waals surface area contributed by atoms with Gasteiger partial charge in [0.1, 0.15) is 0 Å². The molecule has 3 aromatic rings. The molecule has 1 atom stereocenters. The number of hydrogen-bond acceptors (Lipinski definition) is 2. The number of hydrogen-bond donors (Lipinski definition) is 1. The van der Waals surface area contributed by atoms with Crippen LogP contribution in [0.2, 0.25) is 0 Å². The van der Waals surface area contributed by atoms with Crippen molar-refractivity contribution in [1.29, 1.82) is 0 Å². The Morgan fingerprint density at radius 2 is 1.95 bits per heavy atom. The second-order valence-corrected chi connectivity index (χ2v) is 5.03. The van der Waals surface area contributed by atoms with Crippen LogP contribution in [-0.2, 0) is 6.54 Å². The van der Waals surface area contributed by atoms with Gasteiger partial charge in [-0.15, -0.1) is 0 Å². The lowest BCUT2D eigenvalue weighted by molar-refractivity contribution is 0.777. The van der Waals surface area contributed by atoms with E-state index in [0.29, 0.717) is 0 Å². The Hall–Kier alpha value is -2.33. The zero-order valence-corrected chi connectivity index (χ0v) is 11.5. The molecule has 2 heterocycles. The molecule has 0 aliphatic rings. The minimum absolute atomic E-state index is 0.0725. The first-order valence-electron chi connectivity index (χ1n) is 6.72. The molecule has 20 heavy (non-hydrogen) atoms. The van der Waals surface area contributed by atoms with E-state index in [2.05, 4.69) is 34.3 Å². The Bertz CT molecular complexity index is 679. The van der Waals surface area contributed by atoms with Gasteiger partial charge in [-0.05, 0) is 30.7 Å². The molecule has 0 aliphatic heterocycles. The van der Waals surface area contributed by atoms with Crippen molar-refractivity contribution in [2.75, 3.05) is 0 Å². The van der Waals surface area contributed by atoms with Crippen molar-refractivity contribution in [2.24, 2.45) is 5.73 Å². The molecule has 102 valence electrons. The number of nitrogens with two attached hydrogens (primary N) is 1. The maximum atomic E-state index is 5.87. The van der Waals surface area contributed by atoms with Crippen molar-refractivity contribution in [3.8, 4) is 5.69 Å². The zero-order valence-electron chi connectivity index (χ0n) is 11.5. The van der Waals surface area contributed by atoms with Gasteiger partial charge in [-0.3, -0.25) is 0 Å². The summed E-state index contributed by atoms with van der Waals surface area (Å²) in [6.07, 6.45) is 8.10. The number of nitrogens with zero attached hydrogens (tertiary/aromatic N) is 3. The molecule has 4 nitrogen and oxygen atoms in total. The number of benzene rings is 1. The fraction of sp³-hybridized carbons (Fsp3) is 0.188. The molecule has 4 heteroatoms. The van der Waals surface area contributed by atoms with E-state index in [0.717, 1.165) is 17.8 Å². The summed E-state index contributed by atoms with van der Waals surface area (Å²) in [4.78, 5) is 0. The van der Waals surface area contributed by atoms with E-state index in [-0.39, 0.29) is 6.04 Å². The van der Waals surface area contributed by atoms with Crippen molar-refractivity contribution in [3.63, 3.8) is 0 Å². The monoisotopic (exact) mass is 266 g/mol. The first-order valence-corrected chi connectivity index (χ1v) is 6.72. The van der Waals surface area contributed by atoms with Crippen LogP contribution >= 0.6 is 0 Å². The lowest BCUT2D eigenvalue weighted by Crippen LogP contribution is -2.03. The van der Waals surface area contributed by atoms with E-state index in [1.807, 2.05) is 48.1 Å². The van der Waals surface area contributed by atoms with Gasteiger partial charge in [0.05, 0.1) is 18.4 Å². The fourth-order valence-electron chi connectivity index (χ4n) is 2.20. The first-order chi connectivity index (χ1) is 9.72. The molecule has 2 aromatic heterocycles. The quantitative estimate of drug-likeness (QED) is 0.789. The van der Waals surface area contributed by atoms with Gasteiger partial charge >= 0.3 is 0 Å². The molecule has 0 radical (unpaired) electrons. The average molecular weight is 266 g/mol. The highest BCUT2D eigenvalue weighted by Gasteiger charge is 2.04. The van der Waals surface area contributed by atoms with Crippen LogP contribution in [0.1, 0.15) is 24.1 Å². The minimum Gasteiger partial charge on any atom is -0.349 e. The van der Waals surface area contributed by atoms with Crippen LogP contribution in [0.3, 0.4) is 0 Å². The summed E-state index contributed by atoms with van der Waals surface area (Å²) in [5, 5.41) is 4.40. The molecule has 0 spiro atoms. The zero-order chi connectivity index (χ0) is 13.9. The van der Waals surface area contributed by atoms with Crippen LogP contribution in [0.15, 0.2) is 61.2 Å². The second-order valence-electron chi connectivity index (χ2n) is 5.03. The summed E-state index contributed by atoms with van der Waals surface area (Å²) in [7, 11) is 0. The van der Waals surface area contributed by atoms with Crippen LogP contribution < -0.4 is 5.73 Å². The molecule has 0 fully saturated rings. The number of rotatable bonds is 4. The van der Waals surface area contributed by atoms with E-state index in [4.69, 9.17) is 5.73 Å². The molecule has 1 unspecified atom stereocenters. The normalized spacial score (nSPS) is 12.5. The van der Waals surface area contributed by atoms with Crippen molar-refractivity contribution in [3.05, 3.63) is 72.3 Å². The Morgan fingerprint density at radius 3 is 2.65 bits per heavy atom.